The molecule has 25 heavy (non-hydrogen) atoms. The molecule has 0 radical (unpaired) electrons. The van der Waals surface area contributed by atoms with Crippen LogP contribution in [0, 0.1) is 18.6 Å². The van der Waals surface area contributed by atoms with Gasteiger partial charge in [-0.15, -0.1) is 0 Å². The molecule has 0 amide bonds. The van der Waals surface area contributed by atoms with Crippen molar-refractivity contribution < 1.29 is 26.7 Å². The van der Waals surface area contributed by atoms with Crippen LogP contribution in [0.2, 0.25) is 0 Å². The molecule has 0 bridgehead atoms. The summed E-state index contributed by atoms with van der Waals surface area (Å²) in [6.45, 7) is 1.53. The molecule has 0 saturated carbocycles. The number of benzene rings is 1. The number of halogens is 2. The van der Waals surface area contributed by atoms with Crippen LogP contribution in [0.1, 0.15) is 16.8 Å². The largest absolute Gasteiger partial charge is 0.457 e. The Hall–Kier alpha value is -2.61. The number of aromatic nitrogens is 1. The molecule has 1 aliphatic rings. The van der Waals surface area contributed by atoms with Gasteiger partial charge in [-0.3, -0.25) is 4.98 Å². The third-order valence-corrected chi connectivity index (χ3v) is 4.98. The maximum Gasteiger partial charge on any atom is 0.339 e. The molecule has 0 atom stereocenters. The van der Waals surface area contributed by atoms with Gasteiger partial charge in [-0.05, 0) is 30.7 Å². The number of pyridine rings is 1. The van der Waals surface area contributed by atoms with Gasteiger partial charge in [0.25, 0.3) is 0 Å². The standard InChI is InChI=1S/C17H13F2NO4S/c1-9-11(4-3-5-20-9)15-12(8-24-17(15)21)10-6-13(18)16(14(19)7-10)25(2,22)23/h3-7H,8H2,1-2H3. The first-order valence-corrected chi connectivity index (χ1v) is 9.11. The molecule has 0 N–H and O–H groups in total. The summed E-state index contributed by atoms with van der Waals surface area (Å²) in [5.41, 5.74) is 1.54. The molecular formula is C17H13F2NO4S. The minimum Gasteiger partial charge on any atom is -0.457 e. The lowest BCUT2D eigenvalue weighted by molar-refractivity contribution is -0.133. The fourth-order valence-corrected chi connectivity index (χ4v) is 3.57. The molecule has 5 nitrogen and oxygen atoms in total. The monoisotopic (exact) mass is 365 g/mol. The van der Waals surface area contributed by atoms with Crippen molar-refractivity contribution >= 4 is 27.0 Å². The first-order valence-electron chi connectivity index (χ1n) is 7.22. The second kappa shape index (κ2) is 6.03. The number of esters is 1. The second-order valence-corrected chi connectivity index (χ2v) is 7.56. The number of hydrogen-bond acceptors (Lipinski definition) is 5. The van der Waals surface area contributed by atoms with Gasteiger partial charge in [0, 0.05) is 29.3 Å². The number of cyclic esters (lactones) is 1. The Morgan fingerprint density at radius 1 is 1.20 bits per heavy atom. The molecule has 8 heteroatoms. The summed E-state index contributed by atoms with van der Waals surface area (Å²) in [5.74, 6) is -3.06. The van der Waals surface area contributed by atoms with Crippen LogP contribution in [0.25, 0.3) is 11.1 Å². The fourth-order valence-electron chi connectivity index (χ4n) is 2.74. The van der Waals surface area contributed by atoms with Gasteiger partial charge < -0.3 is 4.74 Å². The molecule has 0 saturated heterocycles. The molecule has 1 aliphatic heterocycles. The molecule has 2 heterocycles. The van der Waals surface area contributed by atoms with Crippen molar-refractivity contribution in [1.82, 2.24) is 4.98 Å². The normalized spacial score (nSPS) is 14.8. The van der Waals surface area contributed by atoms with Crippen LogP contribution in [0.5, 0.6) is 0 Å². The highest BCUT2D eigenvalue weighted by molar-refractivity contribution is 7.90. The fraction of sp³-hybridized carbons (Fsp3) is 0.176. The van der Waals surface area contributed by atoms with Gasteiger partial charge in [0.15, 0.2) is 9.84 Å². The Labute approximate surface area is 142 Å². The average molecular weight is 365 g/mol. The molecule has 1 aromatic carbocycles. The Balaban J connectivity index is 2.24. The van der Waals surface area contributed by atoms with Gasteiger partial charge >= 0.3 is 5.97 Å². The van der Waals surface area contributed by atoms with E-state index < -0.39 is 32.3 Å². The van der Waals surface area contributed by atoms with E-state index in [-0.39, 0.29) is 23.3 Å². The van der Waals surface area contributed by atoms with Crippen molar-refractivity contribution in [1.29, 1.82) is 0 Å². The molecule has 0 spiro atoms. The zero-order valence-corrected chi connectivity index (χ0v) is 14.2. The van der Waals surface area contributed by atoms with Gasteiger partial charge in [0.1, 0.15) is 23.1 Å². The Morgan fingerprint density at radius 2 is 1.84 bits per heavy atom. The predicted molar refractivity (Wildman–Crippen MR) is 86.2 cm³/mol. The summed E-state index contributed by atoms with van der Waals surface area (Å²) in [5, 5.41) is 0. The number of nitrogens with zero attached hydrogens (tertiary/aromatic N) is 1. The van der Waals surface area contributed by atoms with Gasteiger partial charge in [-0.1, -0.05) is 6.07 Å². The Kier molecular flexibility index (Phi) is 4.16. The van der Waals surface area contributed by atoms with E-state index in [1.807, 2.05) is 0 Å². The van der Waals surface area contributed by atoms with Crippen LogP contribution in [-0.4, -0.2) is 32.2 Å². The summed E-state index contributed by atoms with van der Waals surface area (Å²) in [4.78, 5) is 15.2. The number of sulfone groups is 1. The SMILES string of the molecule is Cc1ncccc1C1=C(c2cc(F)c(S(C)(=O)=O)c(F)c2)COC1=O. The summed E-state index contributed by atoms with van der Waals surface area (Å²) >= 11 is 0. The predicted octanol–water partition coefficient (Wildman–Crippen LogP) is 2.54. The number of carbonyl (C=O) groups is 1. The van der Waals surface area contributed by atoms with E-state index in [0.29, 0.717) is 11.3 Å². The smallest absolute Gasteiger partial charge is 0.339 e. The van der Waals surface area contributed by atoms with Crippen molar-refractivity contribution in [2.75, 3.05) is 12.9 Å². The average Bonchev–Trinajstić information content (AvgIpc) is 2.87. The topological polar surface area (TPSA) is 73.3 Å². The number of carbonyl (C=O) groups excluding carboxylic acids is 1. The summed E-state index contributed by atoms with van der Waals surface area (Å²) in [6.07, 6.45) is 2.28. The van der Waals surface area contributed by atoms with E-state index in [2.05, 4.69) is 4.98 Å². The lowest BCUT2D eigenvalue weighted by atomic mass is 9.96. The van der Waals surface area contributed by atoms with E-state index in [9.17, 15) is 22.0 Å². The quantitative estimate of drug-likeness (QED) is 0.782. The van der Waals surface area contributed by atoms with E-state index >= 15 is 0 Å². The first kappa shape index (κ1) is 17.2. The molecule has 3 rings (SSSR count). The third kappa shape index (κ3) is 3.05. The van der Waals surface area contributed by atoms with Gasteiger partial charge in [0.2, 0.25) is 0 Å². The molecule has 0 unspecified atom stereocenters. The molecule has 0 fully saturated rings. The van der Waals surface area contributed by atoms with Crippen LogP contribution >= 0.6 is 0 Å². The zero-order chi connectivity index (χ0) is 18.4. The Morgan fingerprint density at radius 3 is 2.40 bits per heavy atom. The highest BCUT2D eigenvalue weighted by Crippen LogP contribution is 2.35. The third-order valence-electron chi connectivity index (χ3n) is 3.85. The van der Waals surface area contributed by atoms with E-state index in [1.54, 1.807) is 25.3 Å². The molecule has 1 aromatic heterocycles. The maximum absolute atomic E-state index is 14.2. The highest BCUT2D eigenvalue weighted by Gasteiger charge is 2.30. The zero-order valence-electron chi connectivity index (χ0n) is 13.3. The van der Waals surface area contributed by atoms with Crippen LogP contribution < -0.4 is 0 Å². The maximum atomic E-state index is 14.2. The highest BCUT2D eigenvalue weighted by atomic mass is 32.2. The van der Waals surface area contributed by atoms with Crippen molar-refractivity contribution in [3.05, 3.63) is 58.9 Å². The van der Waals surface area contributed by atoms with Gasteiger partial charge in [-0.25, -0.2) is 22.0 Å². The summed E-state index contributed by atoms with van der Waals surface area (Å²) < 4.78 is 56.4. The van der Waals surface area contributed by atoms with Crippen LogP contribution in [-0.2, 0) is 19.4 Å². The van der Waals surface area contributed by atoms with Crippen molar-refractivity contribution in [2.45, 2.75) is 11.8 Å². The minimum absolute atomic E-state index is 0.0477. The first-order chi connectivity index (χ1) is 11.7. The van der Waals surface area contributed by atoms with Crippen LogP contribution in [0.15, 0.2) is 35.4 Å². The number of hydrogen-bond donors (Lipinski definition) is 0. The van der Waals surface area contributed by atoms with E-state index in [0.717, 1.165) is 18.4 Å². The molecular weight excluding hydrogens is 352 g/mol. The van der Waals surface area contributed by atoms with Crippen LogP contribution in [0.4, 0.5) is 8.78 Å². The minimum atomic E-state index is -4.06. The Bertz CT molecular complexity index is 1010. The lowest BCUT2D eigenvalue weighted by Gasteiger charge is -2.09. The summed E-state index contributed by atoms with van der Waals surface area (Å²) in [7, 11) is -4.06. The second-order valence-electron chi connectivity index (χ2n) is 5.61. The van der Waals surface area contributed by atoms with Gasteiger partial charge in [0.05, 0.1) is 5.57 Å². The van der Waals surface area contributed by atoms with Gasteiger partial charge in [-0.2, -0.15) is 0 Å². The summed E-state index contributed by atoms with van der Waals surface area (Å²) in [6, 6.07) is 5.07. The number of ether oxygens (including phenoxy) is 1. The van der Waals surface area contributed by atoms with Crippen molar-refractivity contribution in [2.24, 2.45) is 0 Å². The lowest BCUT2D eigenvalue weighted by Crippen LogP contribution is -2.06. The molecule has 0 aliphatic carbocycles. The molecule has 130 valence electrons. The van der Waals surface area contributed by atoms with Crippen LogP contribution in [0.3, 0.4) is 0 Å². The van der Waals surface area contributed by atoms with E-state index in [1.165, 1.54) is 0 Å². The van der Waals surface area contributed by atoms with Crippen molar-refractivity contribution in [3.8, 4) is 0 Å². The van der Waals surface area contributed by atoms with Crippen molar-refractivity contribution in [3.63, 3.8) is 0 Å². The number of rotatable bonds is 3. The van der Waals surface area contributed by atoms with E-state index in [4.69, 9.17) is 4.74 Å². The number of aryl methyl sites for hydroxylation is 1. The molecule has 2 aromatic rings.